The quantitative estimate of drug-likeness (QED) is 0.860. The number of carbonyl (C=O) groups is 1. The van der Waals surface area contributed by atoms with Crippen molar-refractivity contribution in [2.45, 2.75) is 4.90 Å². The van der Waals surface area contributed by atoms with Crippen molar-refractivity contribution in [1.29, 1.82) is 0 Å². The first kappa shape index (κ1) is 13.0. The van der Waals surface area contributed by atoms with Crippen LogP contribution in [-0.2, 0) is 10.0 Å². The Morgan fingerprint density at radius 1 is 1.21 bits per heavy atom. The molecule has 1 N–H and O–H groups in total. The largest absolute Gasteiger partial charge is 0.478 e. The van der Waals surface area contributed by atoms with Crippen LogP contribution in [0.4, 0.5) is 0 Å². The van der Waals surface area contributed by atoms with Crippen molar-refractivity contribution in [3.63, 3.8) is 0 Å². The van der Waals surface area contributed by atoms with Gasteiger partial charge in [-0.05, 0) is 36.4 Å². The molecule has 0 amide bonds. The fraction of sp³-hybridized carbons (Fsp3) is 0. The van der Waals surface area contributed by atoms with Gasteiger partial charge in [-0.1, -0.05) is 0 Å². The van der Waals surface area contributed by atoms with Crippen molar-refractivity contribution in [2.75, 3.05) is 0 Å². The lowest BCUT2D eigenvalue weighted by Crippen LogP contribution is -2.00. The standard InChI is InChI=1S/C12H9NO5S/c14-12(15)9-3-5-11(6-4-9)19(16,17)13-8-10-2-1-7-18-10/h1-8H,(H,14,15)/b13-8+. The molecule has 0 aliphatic heterocycles. The maximum atomic E-state index is 11.8. The highest BCUT2D eigenvalue weighted by molar-refractivity contribution is 7.90. The van der Waals surface area contributed by atoms with Gasteiger partial charge < -0.3 is 9.52 Å². The van der Waals surface area contributed by atoms with E-state index in [1.807, 2.05) is 0 Å². The van der Waals surface area contributed by atoms with Gasteiger partial charge in [-0.3, -0.25) is 0 Å². The Morgan fingerprint density at radius 3 is 2.42 bits per heavy atom. The fourth-order valence-electron chi connectivity index (χ4n) is 1.32. The molecule has 2 aromatic rings. The van der Waals surface area contributed by atoms with Crippen molar-refractivity contribution < 1.29 is 22.7 Å². The van der Waals surface area contributed by atoms with Gasteiger partial charge in [0.1, 0.15) is 5.76 Å². The summed E-state index contributed by atoms with van der Waals surface area (Å²) < 4.78 is 32.0. The van der Waals surface area contributed by atoms with Crippen LogP contribution >= 0.6 is 0 Å². The Balaban J connectivity index is 2.27. The summed E-state index contributed by atoms with van der Waals surface area (Å²) in [4.78, 5) is 10.6. The number of carboxylic acid groups (broad SMARTS) is 1. The summed E-state index contributed by atoms with van der Waals surface area (Å²) in [6.07, 6.45) is 2.48. The van der Waals surface area contributed by atoms with Crippen molar-refractivity contribution in [3.05, 3.63) is 54.0 Å². The predicted octanol–water partition coefficient (Wildman–Crippen LogP) is 1.79. The zero-order valence-corrected chi connectivity index (χ0v) is 10.4. The van der Waals surface area contributed by atoms with E-state index >= 15 is 0 Å². The third-order valence-corrected chi connectivity index (χ3v) is 3.51. The highest BCUT2D eigenvalue weighted by Gasteiger charge is 2.13. The van der Waals surface area contributed by atoms with Gasteiger partial charge in [0.25, 0.3) is 10.0 Å². The molecule has 7 heteroatoms. The molecule has 6 nitrogen and oxygen atoms in total. The smallest absolute Gasteiger partial charge is 0.335 e. The molecule has 0 radical (unpaired) electrons. The zero-order chi connectivity index (χ0) is 13.9. The van der Waals surface area contributed by atoms with Crippen LogP contribution in [0, 0.1) is 0 Å². The van der Waals surface area contributed by atoms with E-state index < -0.39 is 16.0 Å². The molecule has 0 saturated heterocycles. The second-order valence-electron chi connectivity index (χ2n) is 3.55. The Labute approximate surface area is 109 Å². The third-order valence-electron chi connectivity index (χ3n) is 2.26. The highest BCUT2D eigenvalue weighted by Crippen LogP contribution is 2.13. The minimum Gasteiger partial charge on any atom is -0.478 e. The molecule has 2 rings (SSSR count). The van der Waals surface area contributed by atoms with Crippen molar-refractivity contribution >= 4 is 22.2 Å². The summed E-state index contributed by atoms with van der Waals surface area (Å²) in [5.41, 5.74) is 0.00830. The maximum absolute atomic E-state index is 11.8. The van der Waals surface area contributed by atoms with Crippen LogP contribution in [0.5, 0.6) is 0 Å². The van der Waals surface area contributed by atoms with Gasteiger partial charge in [-0.15, -0.1) is 0 Å². The number of aromatic carboxylic acids is 1. The number of furan rings is 1. The molecule has 0 atom stereocenters. The summed E-state index contributed by atoms with van der Waals surface area (Å²) in [5, 5.41) is 8.72. The molecular formula is C12H9NO5S. The van der Waals surface area contributed by atoms with Gasteiger partial charge in [0, 0.05) is 0 Å². The first-order chi connectivity index (χ1) is 8.99. The van der Waals surface area contributed by atoms with Crippen LogP contribution < -0.4 is 0 Å². The predicted molar refractivity (Wildman–Crippen MR) is 66.9 cm³/mol. The van der Waals surface area contributed by atoms with Gasteiger partial charge in [0.15, 0.2) is 0 Å². The average Bonchev–Trinajstić information content (AvgIpc) is 2.90. The molecule has 19 heavy (non-hydrogen) atoms. The molecule has 0 aliphatic carbocycles. The van der Waals surface area contributed by atoms with Gasteiger partial charge in [-0.25, -0.2) is 4.79 Å². The zero-order valence-electron chi connectivity index (χ0n) is 9.55. The Hall–Kier alpha value is -2.41. The number of sulfonamides is 1. The van der Waals surface area contributed by atoms with Gasteiger partial charge >= 0.3 is 5.97 Å². The van der Waals surface area contributed by atoms with Crippen LogP contribution in [0.3, 0.4) is 0 Å². The SMILES string of the molecule is O=C(O)c1ccc(S(=O)(=O)/N=C/c2ccco2)cc1. The van der Waals surface area contributed by atoms with Crippen molar-refractivity contribution in [1.82, 2.24) is 0 Å². The van der Waals surface area contributed by atoms with E-state index in [1.165, 1.54) is 30.5 Å². The van der Waals surface area contributed by atoms with E-state index in [9.17, 15) is 13.2 Å². The average molecular weight is 279 g/mol. The number of benzene rings is 1. The van der Waals surface area contributed by atoms with Crippen molar-refractivity contribution in [2.24, 2.45) is 4.40 Å². The molecule has 98 valence electrons. The molecular weight excluding hydrogens is 270 g/mol. The third kappa shape index (κ3) is 3.08. The van der Waals surface area contributed by atoms with E-state index in [2.05, 4.69) is 4.40 Å². The summed E-state index contributed by atoms with van der Waals surface area (Å²) in [7, 11) is -3.86. The van der Waals surface area contributed by atoms with Crippen LogP contribution in [-0.4, -0.2) is 25.7 Å². The van der Waals surface area contributed by atoms with Crippen LogP contribution in [0.15, 0.2) is 56.4 Å². The molecule has 0 saturated carbocycles. The summed E-state index contributed by atoms with van der Waals surface area (Å²) in [6.45, 7) is 0. The molecule has 1 aromatic heterocycles. The molecule has 0 unspecified atom stereocenters. The topological polar surface area (TPSA) is 96.9 Å². The monoisotopic (exact) mass is 279 g/mol. The van der Waals surface area contributed by atoms with Crippen LogP contribution in [0.25, 0.3) is 0 Å². The maximum Gasteiger partial charge on any atom is 0.335 e. The molecule has 1 aromatic carbocycles. The Morgan fingerprint density at radius 2 is 1.89 bits per heavy atom. The Bertz CT molecular complexity index is 699. The molecule has 0 bridgehead atoms. The van der Waals surface area contributed by atoms with Gasteiger partial charge in [0.05, 0.1) is 22.9 Å². The van der Waals surface area contributed by atoms with E-state index in [0.717, 1.165) is 6.21 Å². The van der Waals surface area contributed by atoms with E-state index in [-0.39, 0.29) is 10.5 Å². The highest BCUT2D eigenvalue weighted by atomic mass is 32.2. The minimum atomic E-state index is -3.86. The van der Waals surface area contributed by atoms with E-state index in [1.54, 1.807) is 12.1 Å². The minimum absolute atomic E-state index is 0.00830. The lowest BCUT2D eigenvalue weighted by molar-refractivity contribution is 0.0696. The number of hydrogen-bond donors (Lipinski definition) is 1. The second kappa shape index (κ2) is 5.07. The molecule has 1 heterocycles. The molecule has 0 spiro atoms. The van der Waals surface area contributed by atoms with E-state index in [4.69, 9.17) is 9.52 Å². The first-order valence-electron chi connectivity index (χ1n) is 5.16. The number of nitrogens with zero attached hydrogens (tertiary/aromatic N) is 1. The normalized spacial score (nSPS) is 11.8. The molecule has 0 fully saturated rings. The number of hydrogen-bond acceptors (Lipinski definition) is 4. The van der Waals surface area contributed by atoms with Gasteiger partial charge in [-0.2, -0.15) is 12.8 Å². The van der Waals surface area contributed by atoms with E-state index in [0.29, 0.717) is 5.76 Å². The summed E-state index contributed by atoms with van der Waals surface area (Å²) in [5.74, 6) is -0.811. The van der Waals surface area contributed by atoms with Crippen LogP contribution in [0.2, 0.25) is 0 Å². The lowest BCUT2D eigenvalue weighted by atomic mass is 10.2. The number of rotatable bonds is 4. The first-order valence-corrected chi connectivity index (χ1v) is 6.60. The molecule has 0 aliphatic rings. The second-order valence-corrected chi connectivity index (χ2v) is 5.19. The summed E-state index contributed by atoms with van der Waals surface area (Å²) >= 11 is 0. The lowest BCUT2D eigenvalue weighted by Gasteiger charge is -1.99. The number of carboxylic acids is 1. The van der Waals surface area contributed by atoms with Crippen molar-refractivity contribution in [3.8, 4) is 0 Å². The van der Waals surface area contributed by atoms with Crippen LogP contribution in [0.1, 0.15) is 16.1 Å². The fourth-order valence-corrected chi connectivity index (χ4v) is 2.16. The van der Waals surface area contributed by atoms with Gasteiger partial charge in [0.2, 0.25) is 0 Å². The Kier molecular flexibility index (Phi) is 3.48. The summed E-state index contributed by atoms with van der Waals surface area (Å²) in [6, 6.07) is 7.97.